The van der Waals surface area contributed by atoms with Gasteiger partial charge in [0, 0.05) is 11.6 Å². The van der Waals surface area contributed by atoms with Gasteiger partial charge in [-0.05, 0) is 36.5 Å². The van der Waals surface area contributed by atoms with E-state index in [0.29, 0.717) is 11.1 Å². The van der Waals surface area contributed by atoms with Crippen molar-refractivity contribution >= 4 is 17.7 Å². The van der Waals surface area contributed by atoms with Crippen LogP contribution >= 0.6 is 11.8 Å². The molecule has 1 N–H and O–H groups in total. The predicted octanol–water partition coefficient (Wildman–Crippen LogP) is 5.21. The second kappa shape index (κ2) is 9.93. The number of rotatable bonds is 9. The number of hydrogen-bond acceptors (Lipinski definition) is 5. The van der Waals surface area contributed by atoms with Crippen molar-refractivity contribution in [1.29, 1.82) is 0 Å². The van der Waals surface area contributed by atoms with Crippen molar-refractivity contribution in [2.45, 2.75) is 77.0 Å². The van der Waals surface area contributed by atoms with E-state index in [-0.39, 0.29) is 23.1 Å². The zero-order valence-corrected chi connectivity index (χ0v) is 17.9. The lowest BCUT2D eigenvalue weighted by Crippen LogP contribution is -2.33. The van der Waals surface area contributed by atoms with Crippen molar-refractivity contribution in [3.63, 3.8) is 0 Å². The first kappa shape index (κ1) is 21.5. The quantitative estimate of drug-likeness (QED) is 0.471. The molecule has 1 heterocycles. The van der Waals surface area contributed by atoms with Crippen LogP contribution in [0.3, 0.4) is 0 Å². The molecular weight excluding hydrogens is 358 g/mol. The van der Waals surface area contributed by atoms with Crippen LogP contribution in [-0.2, 0) is 10.2 Å². The molecule has 6 heteroatoms. The molecule has 0 saturated carbocycles. The molecule has 2 aromatic rings. The van der Waals surface area contributed by atoms with E-state index in [1.54, 1.807) is 0 Å². The van der Waals surface area contributed by atoms with Crippen LogP contribution in [0.4, 0.5) is 0 Å². The SMILES string of the molecule is CCCCC[C@H](C)NC(=O)CSc1nnc(-c2ccc(C(C)(C)C)cc2)o1. The lowest BCUT2D eigenvalue weighted by atomic mass is 9.87. The minimum atomic E-state index is -0.00159. The highest BCUT2D eigenvalue weighted by Crippen LogP contribution is 2.27. The molecule has 0 aliphatic carbocycles. The fourth-order valence-electron chi connectivity index (χ4n) is 2.71. The molecule has 0 bridgehead atoms. The Bertz CT molecular complexity index is 720. The third kappa shape index (κ3) is 7.01. The van der Waals surface area contributed by atoms with E-state index in [2.05, 4.69) is 55.3 Å². The lowest BCUT2D eigenvalue weighted by Gasteiger charge is -2.18. The number of carbonyl (C=O) groups excluding carboxylic acids is 1. The fraction of sp³-hybridized carbons (Fsp3) is 0.571. The summed E-state index contributed by atoms with van der Waals surface area (Å²) in [6.07, 6.45) is 4.55. The van der Waals surface area contributed by atoms with Gasteiger partial charge in [-0.2, -0.15) is 0 Å². The van der Waals surface area contributed by atoms with Crippen molar-refractivity contribution in [2.24, 2.45) is 0 Å². The Hall–Kier alpha value is -1.82. The molecular formula is C21H31N3O2S. The molecule has 0 radical (unpaired) electrons. The number of aromatic nitrogens is 2. The highest BCUT2D eigenvalue weighted by molar-refractivity contribution is 7.99. The Morgan fingerprint density at radius 2 is 1.89 bits per heavy atom. The molecule has 27 heavy (non-hydrogen) atoms. The van der Waals surface area contributed by atoms with E-state index >= 15 is 0 Å². The molecule has 2 rings (SSSR count). The lowest BCUT2D eigenvalue weighted by molar-refractivity contribution is -0.119. The van der Waals surface area contributed by atoms with Crippen molar-refractivity contribution in [3.8, 4) is 11.5 Å². The minimum absolute atomic E-state index is 0.00159. The van der Waals surface area contributed by atoms with Gasteiger partial charge in [-0.15, -0.1) is 10.2 Å². The largest absolute Gasteiger partial charge is 0.411 e. The molecule has 0 spiro atoms. The number of hydrogen-bond donors (Lipinski definition) is 1. The predicted molar refractivity (Wildman–Crippen MR) is 111 cm³/mol. The molecule has 1 atom stereocenters. The van der Waals surface area contributed by atoms with Gasteiger partial charge >= 0.3 is 0 Å². The van der Waals surface area contributed by atoms with Crippen LogP contribution in [0.2, 0.25) is 0 Å². The van der Waals surface area contributed by atoms with Crippen molar-refractivity contribution in [2.75, 3.05) is 5.75 Å². The number of amides is 1. The van der Waals surface area contributed by atoms with Gasteiger partial charge in [-0.25, -0.2) is 0 Å². The van der Waals surface area contributed by atoms with E-state index < -0.39 is 0 Å². The number of nitrogens with zero attached hydrogens (tertiary/aromatic N) is 2. The van der Waals surface area contributed by atoms with Crippen LogP contribution in [0.15, 0.2) is 33.9 Å². The van der Waals surface area contributed by atoms with Crippen LogP contribution in [-0.4, -0.2) is 27.9 Å². The Morgan fingerprint density at radius 1 is 1.19 bits per heavy atom. The van der Waals surface area contributed by atoms with E-state index in [1.165, 1.54) is 30.2 Å². The molecule has 0 fully saturated rings. The zero-order valence-electron chi connectivity index (χ0n) is 17.0. The normalized spacial score (nSPS) is 12.8. The van der Waals surface area contributed by atoms with Gasteiger partial charge in [-0.1, -0.05) is 70.9 Å². The smallest absolute Gasteiger partial charge is 0.277 e. The van der Waals surface area contributed by atoms with Gasteiger partial charge in [0.1, 0.15) is 0 Å². The molecule has 1 amide bonds. The van der Waals surface area contributed by atoms with Crippen LogP contribution in [0.5, 0.6) is 0 Å². The topological polar surface area (TPSA) is 68.0 Å². The van der Waals surface area contributed by atoms with Gasteiger partial charge in [0.15, 0.2) is 0 Å². The first-order chi connectivity index (χ1) is 12.8. The summed E-state index contributed by atoms with van der Waals surface area (Å²) in [5.41, 5.74) is 2.25. The first-order valence-corrected chi connectivity index (χ1v) is 10.6. The minimum Gasteiger partial charge on any atom is -0.411 e. The summed E-state index contributed by atoms with van der Waals surface area (Å²) in [7, 11) is 0. The van der Waals surface area contributed by atoms with Crippen molar-refractivity contribution in [3.05, 3.63) is 29.8 Å². The Morgan fingerprint density at radius 3 is 2.52 bits per heavy atom. The molecule has 0 saturated heterocycles. The molecule has 0 aliphatic heterocycles. The maximum absolute atomic E-state index is 12.0. The van der Waals surface area contributed by atoms with E-state index in [4.69, 9.17) is 4.42 Å². The molecule has 5 nitrogen and oxygen atoms in total. The number of unbranched alkanes of at least 4 members (excludes halogenated alkanes) is 2. The number of carbonyl (C=O) groups is 1. The Kier molecular flexibility index (Phi) is 7.90. The van der Waals surface area contributed by atoms with Gasteiger partial charge in [-0.3, -0.25) is 4.79 Å². The summed E-state index contributed by atoms with van der Waals surface area (Å²) >= 11 is 1.27. The number of benzene rings is 1. The van der Waals surface area contributed by atoms with Gasteiger partial charge < -0.3 is 9.73 Å². The van der Waals surface area contributed by atoms with Gasteiger partial charge in [0.05, 0.1) is 5.75 Å². The summed E-state index contributed by atoms with van der Waals surface area (Å²) in [6, 6.07) is 8.35. The summed E-state index contributed by atoms with van der Waals surface area (Å²) in [5, 5.41) is 11.6. The van der Waals surface area contributed by atoms with Crippen molar-refractivity contribution in [1.82, 2.24) is 15.5 Å². The maximum Gasteiger partial charge on any atom is 0.277 e. The summed E-state index contributed by atoms with van der Waals surface area (Å²) in [5.74, 6) is 0.757. The molecule has 1 aromatic heterocycles. The van der Waals surface area contributed by atoms with Crippen LogP contribution < -0.4 is 5.32 Å². The van der Waals surface area contributed by atoms with Crippen LogP contribution in [0.1, 0.15) is 65.9 Å². The average molecular weight is 390 g/mol. The standard InChI is InChI=1S/C21H31N3O2S/c1-6-7-8-9-15(2)22-18(25)14-27-20-24-23-19(26-20)16-10-12-17(13-11-16)21(3,4)5/h10-13,15H,6-9,14H2,1-5H3,(H,22,25)/t15-/m0/s1. The van der Waals surface area contributed by atoms with Crippen LogP contribution in [0, 0.1) is 0 Å². The highest BCUT2D eigenvalue weighted by atomic mass is 32.2. The van der Waals surface area contributed by atoms with Crippen molar-refractivity contribution < 1.29 is 9.21 Å². The third-order valence-electron chi connectivity index (χ3n) is 4.38. The summed E-state index contributed by atoms with van der Waals surface area (Å²) in [4.78, 5) is 12.0. The maximum atomic E-state index is 12.0. The summed E-state index contributed by atoms with van der Waals surface area (Å²) < 4.78 is 5.69. The van der Waals surface area contributed by atoms with E-state index in [9.17, 15) is 4.79 Å². The fourth-order valence-corrected chi connectivity index (χ4v) is 3.29. The van der Waals surface area contributed by atoms with E-state index in [1.807, 2.05) is 19.1 Å². The van der Waals surface area contributed by atoms with Crippen LogP contribution in [0.25, 0.3) is 11.5 Å². The molecule has 0 aliphatic rings. The monoisotopic (exact) mass is 389 g/mol. The first-order valence-electron chi connectivity index (χ1n) is 9.66. The number of thioether (sulfide) groups is 1. The number of nitrogens with one attached hydrogen (secondary N) is 1. The van der Waals surface area contributed by atoms with Gasteiger partial charge in [0.2, 0.25) is 11.8 Å². The molecule has 0 unspecified atom stereocenters. The molecule has 1 aromatic carbocycles. The Labute approximate surface area is 166 Å². The average Bonchev–Trinajstić information content (AvgIpc) is 3.08. The third-order valence-corrected chi connectivity index (χ3v) is 5.20. The highest BCUT2D eigenvalue weighted by Gasteiger charge is 2.15. The summed E-state index contributed by atoms with van der Waals surface area (Å²) in [6.45, 7) is 10.8. The second-order valence-electron chi connectivity index (χ2n) is 7.95. The van der Waals surface area contributed by atoms with Gasteiger partial charge in [0.25, 0.3) is 5.22 Å². The zero-order chi connectivity index (χ0) is 19.9. The van der Waals surface area contributed by atoms with E-state index in [0.717, 1.165) is 18.4 Å². The molecule has 148 valence electrons. The second-order valence-corrected chi connectivity index (χ2v) is 8.88. The Balaban J connectivity index is 1.84.